The van der Waals surface area contributed by atoms with E-state index >= 15 is 0 Å². The van der Waals surface area contributed by atoms with Crippen molar-refractivity contribution in [2.45, 2.75) is 45.4 Å². The molecule has 0 spiro atoms. The first-order chi connectivity index (χ1) is 15.4. The van der Waals surface area contributed by atoms with E-state index in [1.807, 2.05) is 6.07 Å². The highest BCUT2D eigenvalue weighted by Crippen LogP contribution is 2.40. The summed E-state index contributed by atoms with van der Waals surface area (Å²) in [5, 5.41) is 11.7. The van der Waals surface area contributed by atoms with Gasteiger partial charge in [-0.1, -0.05) is 26.0 Å². The van der Waals surface area contributed by atoms with Crippen LogP contribution in [0.25, 0.3) is 22.3 Å². The lowest BCUT2D eigenvalue weighted by atomic mass is 9.95. The predicted molar refractivity (Wildman–Crippen MR) is 125 cm³/mol. The maximum atomic E-state index is 6.10. The Labute approximate surface area is 188 Å². The summed E-state index contributed by atoms with van der Waals surface area (Å²) in [5.41, 5.74) is 5.47. The summed E-state index contributed by atoms with van der Waals surface area (Å²) in [4.78, 5) is 7.23. The van der Waals surface area contributed by atoms with Crippen molar-refractivity contribution in [3.63, 3.8) is 0 Å². The standard InChI is InChI=1S/C25H29N5O2/c1-16(2)28-25(3)9-10-30(15-25)22-8-7-21-20-6-5-17(11-19(20)14-32-24(21)27-22)18-12-23(31-4)29-26-13-18/h5-8,11-13,16,28H,9-10,14-15H2,1-4H3. The van der Waals surface area contributed by atoms with E-state index in [2.05, 4.69) is 71.5 Å². The summed E-state index contributed by atoms with van der Waals surface area (Å²) < 4.78 is 11.3. The van der Waals surface area contributed by atoms with Gasteiger partial charge in [0.2, 0.25) is 11.8 Å². The molecular weight excluding hydrogens is 402 g/mol. The molecular formula is C25H29N5O2. The van der Waals surface area contributed by atoms with E-state index in [-0.39, 0.29) is 5.54 Å². The lowest BCUT2D eigenvalue weighted by Crippen LogP contribution is -2.48. The second-order valence-corrected chi connectivity index (χ2v) is 9.20. The first-order valence-corrected chi connectivity index (χ1v) is 11.1. The van der Waals surface area contributed by atoms with E-state index in [4.69, 9.17) is 14.5 Å². The number of hydrogen-bond acceptors (Lipinski definition) is 7. The number of ether oxygens (including phenoxy) is 2. The molecule has 7 heteroatoms. The number of methoxy groups -OCH3 is 1. The van der Waals surface area contributed by atoms with Crippen molar-refractivity contribution in [1.29, 1.82) is 0 Å². The Balaban J connectivity index is 1.40. The fourth-order valence-electron chi connectivity index (χ4n) is 4.80. The molecule has 0 bridgehead atoms. The van der Waals surface area contributed by atoms with Crippen LogP contribution in [0.1, 0.15) is 32.8 Å². The van der Waals surface area contributed by atoms with E-state index in [0.717, 1.165) is 53.1 Å². The summed E-state index contributed by atoms with van der Waals surface area (Å²) in [5.74, 6) is 2.19. The van der Waals surface area contributed by atoms with Gasteiger partial charge in [0.15, 0.2) is 0 Å². The van der Waals surface area contributed by atoms with Crippen molar-refractivity contribution in [2.75, 3.05) is 25.1 Å². The molecule has 2 aliphatic rings. The smallest absolute Gasteiger partial charge is 0.233 e. The molecule has 2 aromatic heterocycles. The molecule has 2 aliphatic heterocycles. The van der Waals surface area contributed by atoms with Crippen molar-refractivity contribution in [3.05, 3.63) is 48.2 Å². The van der Waals surface area contributed by atoms with Gasteiger partial charge >= 0.3 is 0 Å². The van der Waals surface area contributed by atoms with Crippen LogP contribution >= 0.6 is 0 Å². The number of rotatable bonds is 5. The van der Waals surface area contributed by atoms with Crippen LogP contribution in [-0.2, 0) is 6.61 Å². The van der Waals surface area contributed by atoms with Gasteiger partial charge in [-0.15, -0.1) is 5.10 Å². The van der Waals surface area contributed by atoms with Crippen molar-refractivity contribution >= 4 is 5.82 Å². The van der Waals surface area contributed by atoms with Gasteiger partial charge < -0.3 is 19.7 Å². The van der Waals surface area contributed by atoms with E-state index in [1.54, 1.807) is 13.3 Å². The molecule has 1 N–H and O–H groups in total. The molecule has 3 aromatic rings. The Bertz CT molecular complexity index is 1150. The first-order valence-electron chi connectivity index (χ1n) is 11.1. The summed E-state index contributed by atoms with van der Waals surface area (Å²) in [6, 6.07) is 13.0. The third-order valence-electron chi connectivity index (χ3n) is 6.21. The average molecular weight is 432 g/mol. The minimum absolute atomic E-state index is 0.111. The number of nitrogens with one attached hydrogen (secondary N) is 1. The Morgan fingerprint density at radius 2 is 1.97 bits per heavy atom. The van der Waals surface area contributed by atoms with Gasteiger partial charge in [-0.25, -0.2) is 0 Å². The molecule has 1 unspecified atom stereocenters. The van der Waals surface area contributed by atoms with Crippen molar-refractivity contribution < 1.29 is 9.47 Å². The molecule has 1 fully saturated rings. The Morgan fingerprint density at radius 1 is 1.12 bits per heavy atom. The minimum Gasteiger partial charge on any atom is -0.480 e. The zero-order valence-corrected chi connectivity index (χ0v) is 19.1. The van der Waals surface area contributed by atoms with Gasteiger partial charge in [-0.2, -0.15) is 10.1 Å². The number of benzene rings is 1. The lowest BCUT2D eigenvalue weighted by molar-refractivity contribution is 0.290. The largest absolute Gasteiger partial charge is 0.480 e. The molecule has 0 radical (unpaired) electrons. The number of anilines is 1. The zero-order chi connectivity index (χ0) is 22.3. The SMILES string of the molecule is COc1cc(-c2ccc3c(c2)COc2nc(N4CCC(C)(NC(C)C)C4)ccc2-3)cnn1. The van der Waals surface area contributed by atoms with Gasteiger partial charge in [-0.3, -0.25) is 0 Å². The fraction of sp³-hybridized carbons (Fsp3) is 0.400. The fourth-order valence-corrected chi connectivity index (χ4v) is 4.80. The Kier molecular flexibility index (Phi) is 5.21. The predicted octanol–water partition coefficient (Wildman–Crippen LogP) is 4.07. The van der Waals surface area contributed by atoms with Crippen LogP contribution < -0.4 is 19.7 Å². The molecule has 5 rings (SSSR count). The molecule has 1 saturated heterocycles. The van der Waals surface area contributed by atoms with Crippen LogP contribution in [0.2, 0.25) is 0 Å². The highest BCUT2D eigenvalue weighted by molar-refractivity contribution is 5.78. The number of aromatic nitrogens is 3. The molecule has 0 aliphatic carbocycles. The highest BCUT2D eigenvalue weighted by Gasteiger charge is 2.35. The maximum absolute atomic E-state index is 6.10. The van der Waals surface area contributed by atoms with Crippen molar-refractivity contribution in [3.8, 4) is 34.0 Å². The van der Waals surface area contributed by atoms with Crippen LogP contribution in [0.15, 0.2) is 42.6 Å². The molecule has 4 heterocycles. The highest BCUT2D eigenvalue weighted by atomic mass is 16.5. The van der Waals surface area contributed by atoms with Gasteiger partial charge in [0.05, 0.1) is 13.3 Å². The van der Waals surface area contributed by atoms with E-state index in [1.165, 1.54) is 0 Å². The normalized spacial score (nSPS) is 19.5. The van der Waals surface area contributed by atoms with Crippen molar-refractivity contribution in [2.24, 2.45) is 0 Å². The van der Waals surface area contributed by atoms with Gasteiger partial charge in [0, 0.05) is 41.9 Å². The van der Waals surface area contributed by atoms with E-state index in [9.17, 15) is 0 Å². The number of fused-ring (bicyclic) bond motifs is 3. The Hall–Kier alpha value is -3.19. The van der Waals surface area contributed by atoms with Crippen LogP contribution in [0.4, 0.5) is 5.82 Å². The van der Waals surface area contributed by atoms with Crippen LogP contribution in [-0.4, -0.2) is 47.0 Å². The first kappa shape index (κ1) is 20.7. The van der Waals surface area contributed by atoms with Crippen molar-refractivity contribution in [1.82, 2.24) is 20.5 Å². The number of pyridine rings is 1. The van der Waals surface area contributed by atoms with Gasteiger partial charge in [-0.05, 0) is 48.2 Å². The quantitative estimate of drug-likeness (QED) is 0.653. The maximum Gasteiger partial charge on any atom is 0.233 e. The molecule has 0 saturated carbocycles. The Morgan fingerprint density at radius 3 is 2.78 bits per heavy atom. The molecule has 7 nitrogen and oxygen atoms in total. The van der Waals surface area contributed by atoms with E-state index in [0.29, 0.717) is 24.4 Å². The van der Waals surface area contributed by atoms with Crippen LogP contribution in [0.5, 0.6) is 11.8 Å². The number of hydrogen-bond donors (Lipinski definition) is 1. The summed E-state index contributed by atoms with van der Waals surface area (Å²) in [6.07, 6.45) is 2.85. The second kappa shape index (κ2) is 8.06. The molecule has 0 amide bonds. The molecule has 1 aromatic carbocycles. The second-order valence-electron chi connectivity index (χ2n) is 9.20. The van der Waals surface area contributed by atoms with Gasteiger partial charge in [0.1, 0.15) is 12.4 Å². The third kappa shape index (κ3) is 3.88. The molecule has 166 valence electrons. The minimum atomic E-state index is 0.111. The van der Waals surface area contributed by atoms with E-state index < -0.39 is 0 Å². The molecule has 32 heavy (non-hydrogen) atoms. The summed E-state index contributed by atoms with van der Waals surface area (Å²) in [6.45, 7) is 9.12. The monoisotopic (exact) mass is 431 g/mol. The zero-order valence-electron chi connectivity index (χ0n) is 19.1. The summed E-state index contributed by atoms with van der Waals surface area (Å²) in [7, 11) is 1.59. The average Bonchev–Trinajstić information content (AvgIpc) is 3.19. The van der Waals surface area contributed by atoms with Crippen LogP contribution in [0.3, 0.4) is 0 Å². The lowest BCUT2D eigenvalue weighted by Gasteiger charge is -2.29. The van der Waals surface area contributed by atoms with Crippen LogP contribution in [0, 0.1) is 0 Å². The number of nitrogens with zero attached hydrogens (tertiary/aromatic N) is 4. The third-order valence-corrected chi connectivity index (χ3v) is 6.21. The summed E-state index contributed by atoms with van der Waals surface area (Å²) >= 11 is 0. The topological polar surface area (TPSA) is 72.4 Å². The molecule has 1 atom stereocenters. The van der Waals surface area contributed by atoms with Gasteiger partial charge in [0.25, 0.3) is 0 Å².